The summed E-state index contributed by atoms with van der Waals surface area (Å²) in [6, 6.07) is 4.68. The van der Waals surface area contributed by atoms with Gasteiger partial charge in [-0.15, -0.1) is 11.3 Å². The SMILES string of the molecule is O=C(CCCc1cccs1)NC1C2CNCC21. The van der Waals surface area contributed by atoms with Gasteiger partial charge in [-0.2, -0.15) is 0 Å². The van der Waals surface area contributed by atoms with E-state index in [4.69, 9.17) is 0 Å². The maximum atomic E-state index is 11.7. The topological polar surface area (TPSA) is 41.1 Å². The van der Waals surface area contributed by atoms with Crippen LogP contribution in [0.3, 0.4) is 0 Å². The van der Waals surface area contributed by atoms with E-state index in [-0.39, 0.29) is 5.91 Å². The van der Waals surface area contributed by atoms with Gasteiger partial charge in [0.2, 0.25) is 5.91 Å². The molecule has 1 aromatic heterocycles. The lowest BCUT2D eigenvalue weighted by Crippen LogP contribution is -2.32. The minimum atomic E-state index is 0.237. The molecule has 1 saturated heterocycles. The third-order valence-corrected chi connectivity index (χ3v) is 4.76. The molecule has 17 heavy (non-hydrogen) atoms. The van der Waals surface area contributed by atoms with Crippen molar-refractivity contribution in [3.63, 3.8) is 0 Å². The van der Waals surface area contributed by atoms with Crippen molar-refractivity contribution in [3.05, 3.63) is 22.4 Å². The Hall–Kier alpha value is -0.870. The van der Waals surface area contributed by atoms with Gasteiger partial charge in [-0.25, -0.2) is 0 Å². The third-order valence-electron chi connectivity index (χ3n) is 3.83. The summed E-state index contributed by atoms with van der Waals surface area (Å²) in [5, 5.41) is 8.59. The van der Waals surface area contributed by atoms with Crippen molar-refractivity contribution in [2.45, 2.75) is 25.3 Å². The summed E-state index contributed by atoms with van der Waals surface area (Å²) in [6.07, 6.45) is 2.66. The fourth-order valence-corrected chi connectivity index (χ4v) is 3.52. The van der Waals surface area contributed by atoms with Gasteiger partial charge in [0, 0.05) is 30.4 Å². The number of hydrogen-bond acceptors (Lipinski definition) is 3. The van der Waals surface area contributed by atoms with Crippen LogP contribution in [0.4, 0.5) is 0 Å². The number of piperidine rings is 1. The Morgan fingerprint density at radius 3 is 3.00 bits per heavy atom. The van der Waals surface area contributed by atoms with Gasteiger partial charge in [0.15, 0.2) is 0 Å². The molecule has 2 fully saturated rings. The van der Waals surface area contributed by atoms with E-state index in [1.54, 1.807) is 11.3 Å². The molecule has 2 atom stereocenters. The number of nitrogens with one attached hydrogen (secondary N) is 2. The molecule has 0 bridgehead atoms. The average Bonchev–Trinajstić information content (AvgIpc) is 2.81. The van der Waals surface area contributed by atoms with Crippen LogP contribution in [0.2, 0.25) is 0 Å². The van der Waals surface area contributed by atoms with E-state index in [1.165, 1.54) is 4.88 Å². The summed E-state index contributed by atoms with van der Waals surface area (Å²) in [5.74, 6) is 1.67. The summed E-state index contributed by atoms with van der Waals surface area (Å²) in [6.45, 7) is 2.18. The maximum Gasteiger partial charge on any atom is 0.220 e. The zero-order chi connectivity index (χ0) is 11.7. The number of carbonyl (C=O) groups excluding carboxylic acids is 1. The Morgan fingerprint density at radius 2 is 2.29 bits per heavy atom. The number of hydrogen-bond donors (Lipinski definition) is 2. The van der Waals surface area contributed by atoms with E-state index < -0.39 is 0 Å². The van der Waals surface area contributed by atoms with Crippen LogP contribution in [0, 0.1) is 11.8 Å². The molecule has 2 aliphatic rings. The fourth-order valence-electron chi connectivity index (χ4n) is 2.77. The molecule has 0 radical (unpaired) electrons. The van der Waals surface area contributed by atoms with Crippen LogP contribution in [0.25, 0.3) is 0 Å². The van der Waals surface area contributed by atoms with Crippen LogP contribution < -0.4 is 10.6 Å². The van der Waals surface area contributed by atoms with Crippen molar-refractivity contribution in [3.8, 4) is 0 Å². The van der Waals surface area contributed by atoms with Gasteiger partial charge < -0.3 is 10.6 Å². The molecule has 3 nitrogen and oxygen atoms in total. The number of fused-ring (bicyclic) bond motifs is 1. The van der Waals surface area contributed by atoms with E-state index in [1.807, 2.05) is 0 Å². The number of aryl methyl sites for hydroxylation is 1. The largest absolute Gasteiger partial charge is 0.353 e. The van der Waals surface area contributed by atoms with E-state index in [2.05, 4.69) is 28.1 Å². The van der Waals surface area contributed by atoms with Gasteiger partial charge in [0.05, 0.1) is 0 Å². The minimum Gasteiger partial charge on any atom is -0.353 e. The zero-order valence-electron chi connectivity index (χ0n) is 9.82. The van der Waals surface area contributed by atoms with Crippen molar-refractivity contribution in [2.75, 3.05) is 13.1 Å². The molecular weight excluding hydrogens is 232 g/mol. The monoisotopic (exact) mass is 250 g/mol. The summed E-state index contributed by atoms with van der Waals surface area (Å²) < 4.78 is 0. The molecule has 1 saturated carbocycles. The Kier molecular flexibility index (Phi) is 3.16. The van der Waals surface area contributed by atoms with Gasteiger partial charge in [0.25, 0.3) is 0 Å². The molecule has 2 heterocycles. The second kappa shape index (κ2) is 4.78. The molecule has 4 heteroatoms. The molecular formula is C13H18N2OS. The van der Waals surface area contributed by atoms with Gasteiger partial charge >= 0.3 is 0 Å². The van der Waals surface area contributed by atoms with Crippen LogP contribution in [-0.4, -0.2) is 25.0 Å². The van der Waals surface area contributed by atoms with Crippen molar-refractivity contribution in [1.82, 2.24) is 10.6 Å². The molecule has 3 rings (SSSR count). The van der Waals surface area contributed by atoms with Crippen LogP contribution in [0.1, 0.15) is 17.7 Å². The first-order valence-corrected chi connectivity index (χ1v) is 7.25. The lowest BCUT2D eigenvalue weighted by atomic mass is 10.2. The predicted octanol–water partition coefficient (Wildman–Crippen LogP) is 1.40. The number of amides is 1. The van der Waals surface area contributed by atoms with Crippen LogP contribution >= 0.6 is 11.3 Å². The highest BCUT2D eigenvalue weighted by Crippen LogP contribution is 2.41. The van der Waals surface area contributed by atoms with Gasteiger partial charge in [-0.3, -0.25) is 4.79 Å². The third kappa shape index (κ3) is 2.53. The van der Waals surface area contributed by atoms with Gasteiger partial charge in [-0.1, -0.05) is 6.07 Å². The molecule has 0 spiro atoms. The second-order valence-electron chi connectivity index (χ2n) is 5.01. The zero-order valence-corrected chi connectivity index (χ0v) is 10.6. The molecule has 1 aliphatic heterocycles. The van der Waals surface area contributed by atoms with Gasteiger partial charge in [0.1, 0.15) is 0 Å². The molecule has 2 unspecified atom stereocenters. The number of rotatable bonds is 5. The lowest BCUT2D eigenvalue weighted by Gasteiger charge is -2.07. The minimum absolute atomic E-state index is 0.237. The quantitative estimate of drug-likeness (QED) is 0.829. The Balaban J connectivity index is 1.34. The molecule has 1 aromatic rings. The van der Waals surface area contributed by atoms with E-state index in [0.29, 0.717) is 12.5 Å². The van der Waals surface area contributed by atoms with E-state index in [0.717, 1.165) is 37.8 Å². The highest BCUT2D eigenvalue weighted by Gasteiger charge is 2.53. The maximum absolute atomic E-state index is 11.7. The predicted molar refractivity (Wildman–Crippen MR) is 69.0 cm³/mol. The standard InChI is InChI=1S/C13H18N2OS/c16-12(5-1-3-9-4-2-6-17-9)15-13-10-7-14-8-11(10)13/h2,4,6,10-11,13-14H,1,3,5,7-8H2,(H,15,16). The molecule has 1 aliphatic carbocycles. The number of carbonyl (C=O) groups is 1. The average molecular weight is 250 g/mol. The number of thiophene rings is 1. The lowest BCUT2D eigenvalue weighted by molar-refractivity contribution is -0.121. The van der Waals surface area contributed by atoms with Crippen LogP contribution in [0.5, 0.6) is 0 Å². The fraction of sp³-hybridized carbons (Fsp3) is 0.615. The van der Waals surface area contributed by atoms with Crippen molar-refractivity contribution in [1.29, 1.82) is 0 Å². The molecule has 1 amide bonds. The molecule has 2 N–H and O–H groups in total. The first-order valence-electron chi connectivity index (χ1n) is 6.37. The van der Waals surface area contributed by atoms with Crippen LogP contribution in [-0.2, 0) is 11.2 Å². The first kappa shape index (κ1) is 11.2. The Labute approximate surface area is 106 Å². The smallest absolute Gasteiger partial charge is 0.220 e. The van der Waals surface area contributed by atoms with E-state index >= 15 is 0 Å². The first-order chi connectivity index (χ1) is 8.34. The summed E-state index contributed by atoms with van der Waals surface area (Å²) >= 11 is 1.77. The van der Waals surface area contributed by atoms with Crippen molar-refractivity contribution >= 4 is 17.2 Å². The van der Waals surface area contributed by atoms with Gasteiger partial charge in [-0.05, 0) is 36.1 Å². The second-order valence-corrected chi connectivity index (χ2v) is 6.04. The highest BCUT2D eigenvalue weighted by atomic mass is 32.1. The summed E-state index contributed by atoms with van der Waals surface area (Å²) in [5.41, 5.74) is 0. The van der Waals surface area contributed by atoms with E-state index in [9.17, 15) is 4.79 Å². The normalized spacial score (nSPS) is 30.0. The molecule has 92 valence electrons. The summed E-state index contributed by atoms with van der Waals surface area (Å²) in [7, 11) is 0. The molecule has 0 aromatic carbocycles. The Morgan fingerprint density at radius 1 is 1.47 bits per heavy atom. The summed E-state index contributed by atoms with van der Waals surface area (Å²) in [4.78, 5) is 13.1. The van der Waals surface area contributed by atoms with Crippen molar-refractivity contribution < 1.29 is 4.79 Å². The highest BCUT2D eigenvalue weighted by molar-refractivity contribution is 7.09. The Bertz CT molecular complexity index is 380. The van der Waals surface area contributed by atoms with Crippen LogP contribution in [0.15, 0.2) is 17.5 Å². The van der Waals surface area contributed by atoms with Crippen molar-refractivity contribution in [2.24, 2.45) is 11.8 Å².